The van der Waals surface area contributed by atoms with Crippen LogP contribution in [0, 0.1) is 0 Å². The summed E-state index contributed by atoms with van der Waals surface area (Å²) in [6.07, 6.45) is 0. The topological polar surface area (TPSA) is 34.8 Å². The monoisotopic (exact) mass is 1490 g/mol. The van der Waals surface area contributed by atoms with Gasteiger partial charge in [-0.25, -0.2) is 0 Å². The van der Waals surface area contributed by atoms with Crippen molar-refractivity contribution in [3.8, 4) is 90.0 Å². The Balaban J connectivity index is 0.917. The largest absolute Gasteiger partial charge is 0.458 e. The first kappa shape index (κ1) is 69.2. The van der Waals surface area contributed by atoms with Crippen molar-refractivity contribution >= 4 is 124 Å². The third-order valence-electron chi connectivity index (χ3n) is 25.0. The quantitative estimate of drug-likeness (QED) is 0.135. The first-order chi connectivity index (χ1) is 56.5. The summed E-state index contributed by atoms with van der Waals surface area (Å²) in [5, 5.41) is 4.80. The van der Waals surface area contributed by atoms with Crippen LogP contribution in [0.3, 0.4) is 0 Å². The third-order valence-corrected chi connectivity index (χ3v) is 25.0. The molecule has 4 aliphatic rings. The molecular formula is C108H84B2N4O2. The summed E-state index contributed by atoms with van der Waals surface area (Å²) in [6, 6.07) is 130. The predicted molar refractivity (Wildman–Crippen MR) is 490 cm³/mol. The fraction of sp³-hybridized carbons (Fsp3) is 0.111. The van der Waals surface area contributed by atoms with E-state index in [-0.39, 0.29) is 23.0 Å². The molecule has 0 saturated carbocycles. The molecule has 6 nitrogen and oxygen atoms in total. The molecule has 554 valence electrons. The minimum Gasteiger partial charge on any atom is -0.458 e. The molecule has 18 aromatic rings. The van der Waals surface area contributed by atoms with Crippen LogP contribution < -0.4 is 52.1 Å². The molecule has 0 saturated heterocycles. The third kappa shape index (κ3) is 10.8. The molecule has 0 bridgehead atoms. The molecule has 116 heavy (non-hydrogen) atoms. The molecule has 0 atom stereocenters. The zero-order valence-electron chi connectivity index (χ0n) is 66.7. The van der Waals surface area contributed by atoms with Crippen LogP contribution in [0.4, 0.5) is 34.1 Å². The highest BCUT2D eigenvalue weighted by atomic mass is 16.5. The second-order valence-electron chi connectivity index (χ2n) is 35.1. The van der Waals surface area contributed by atoms with E-state index in [9.17, 15) is 0 Å². The van der Waals surface area contributed by atoms with Gasteiger partial charge in [-0.1, -0.05) is 311 Å². The molecule has 0 aliphatic carbocycles. The zero-order valence-corrected chi connectivity index (χ0v) is 66.7. The number of anilines is 6. The van der Waals surface area contributed by atoms with Gasteiger partial charge < -0.3 is 28.4 Å². The van der Waals surface area contributed by atoms with Gasteiger partial charge in [0.2, 0.25) is 0 Å². The van der Waals surface area contributed by atoms with E-state index in [0.717, 1.165) is 174 Å². The predicted octanol–water partition coefficient (Wildman–Crippen LogP) is 24.9. The van der Waals surface area contributed by atoms with Crippen molar-refractivity contribution in [2.24, 2.45) is 0 Å². The van der Waals surface area contributed by atoms with Crippen LogP contribution in [0.15, 0.2) is 346 Å². The van der Waals surface area contributed by atoms with E-state index < -0.39 is 6.71 Å². The molecule has 0 fully saturated rings. The van der Waals surface area contributed by atoms with Crippen LogP contribution in [-0.2, 0) is 16.2 Å². The number of hydrogen-bond acceptors (Lipinski definition) is 4. The maximum atomic E-state index is 8.44. The first-order valence-electron chi connectivity index (χ1n) is 40.9. The van der Waals surface area contributed by atoms with Crippen LogP contribution in [0.25, 0.3) is 111 Å². The van der Waals surface area contributed by atoms with Crippen LogP contribution in [0.1, 0.15) is 79.0 Å². The minimum atomic E-state index is -0.429. The molecular weight excluding hydrogens is 1410 g/mol. The molecule has 16 aromatic carbocycles. The van der Waals surface area contributed by atoms with Gasteiger partial charge in [-0.2, -0.15) is 0 Å². The molecule has 0 radical (unpaired) electrons. The number of hydrogen-bond donors (Lipinski definition) is 0. The fourth-order valence-corrected chi connectivity index (χ4v) is 19.3. The minimum absolute atomic E-state index is 0.213. The molecule has 0 N–H and O–H groups in total. The Kier molecular flexibility index (Phi) is 15.5. The number of aromatic nitrogens is 2. The van der Waals surface area contributed by atoms with Gasteiger partial charge in [0.25, 0.3) is 13.4 Å². The highest BCUT2D eigenvalue weighted by molar-refractivity contribution is 7.02. The molecule has 22 rings (SSSR count). The molecule has 4 aliphatic heterocycles. The number of para-hydroxylation sites is 4. The van der Waals surface area contributed by atoms with E-state index in [0.29, 0.717) is 0 Å². The van der Waals surface area contributed by atoms with E-state index in [2.05, 4.69) is 427 Å². The SMILES string of the molecule is CC(C)(C)c1cc(-c2ccccc2)c(N2c3ccc(-c4ccccc4)cc3B3c4cc5c6c(c4N(c4c(-c7ccccc7)cc(C(C)(C)C)cc4-c4ccccc4)c4cc(C(C)(C)C)cc2c43)Oc2cc(-n3c4ccccc4c4ccccc43)ccc2B6c2ccc(-n3c4ccccc4c4ccccc43)cc2O5)c(-c2ccccc2)c1. The number of ether oxygens (including phenoxy) is 2. The lowest BCUT2D eigenvalue weighted by molar-refractivity contribution is 0.465. The van der Waals surface area contributed by atoms with Crippen molar-refractivity contribution in [3.63, 3.8) is 0 Å². The molecule has 0 amide bonds. The number of fused-ring (bicyclic) bond motifs is 15. The van der Waals surface area contributed by atoms with Crippen molar-refractivity contribution < 1.29 is 9.47 Å². The summed E-state index contributed by atoms with van der Waals surface area (Å²) in [6.45, 7) is 20.5. The number of nitrogens with zero attached hydrogens (tertiary/aromatic N) is 4. The smallest absolute Gasteiger partial charge is 0.260 e. The zero-order chi connectivity index (χ0) is 78.2. The Morgan fingerprint density at radius 1 is 0.241 bits per heavy atom. The maximum absolute atomic E-state index is 8.44. The van der Waals surface area contributed by atoms with Crippen molar-refractivity contribution in [1.29, 1.82) is 0 Å². The van der Waals surface area contributed by atoms with Gasteiger partial charge in [0.05, 0.1) is 39.1 Å². The first-order valence-corrected chi connectivity index (χ1v) is 40.9. The second-order valence-corrected chi connectivity index (χ2v) is 35.1. The van der Waals surface area contributed by atoms with Gasteiger partial charge in [0, 0.05) is 89.8 Å². The van der Waals surface area contributed by atoms with Crippen LogP contribution in [0.5, 0.6) is 23.0 Å². The van der Waals surface area contributed by atoms with E-state index in [1.165, 1.54) is 43.7 Å². The van der Waals surface area contributed by atoms with Crippen LogP contribution in [0.2, 0.25) is 0 Å². The number of benzene rings is 16. The van der Waals surface area contributed by atoms with E-state index >= 15 is 0 Å². The molecule has 0 unspecified atom stereocenters. The number of rotatable bonds is 9. The molecule has 8 heteroatoms. The van der Waals surface area contributed by atoms with Gasteiger partial charge in [-0.3, -0.25) is 0 Å². The summed E-state index contributed by atoms with van der Waals surface area (Å²) in [5.41, 5.74) is 33.6. The fourth-order valence-electron chi connectivity index (χ4n) is 19.3. The lowest BCUT2D eigenvalue weighted by Gasteiger charge is -2.48. The van der Waals surface area contributed by atoms with Gasteiger partial charge >= 0.3 is 0 Å². The van der Waals surface area contributed by atoms with Gasteiger partial charge in [-0.15, -0.1) is 0 Å². The Morgan fingerprint density at radius 2 is 0.595 bits per heavy atom. The van der Waals surface area contributed by atoms with E-state index in [4.69, 9.17) is 9.47 Å². The van der Waals surface area contributed by atoms with Gasteiger partial charge in [0.1, 0.15) is 23.0 Å². The maximum Gasteiger partial charge on any atom is 0.260 e. The van der Waals surface area contributed by atoms with Gasteiger partial charge in [-0.05, 0) is 179 Å². The summed E-state index contributed by atoms with van der Waals surface area (Å²) in [7, 11) is 0. The van der Waals surface area contributed by atoms with Crippen molar-refractivity contribution in [2.75, 3.05) is 9.80 Å². The normalized spacial score (nSPS) is 13.3. The molecule has 2 aromatic heterocycles. The van der Waals surface area contributed by atoms with Crippen LogP contribution in [-0.4, -0.2) is 22.6 Å². The Hall–Kier alpha value is -13.6. The lowest BCUT2D eigenvalue weighted by atomic mass is 9.31. The average molecular weight is 1490 g/mol. The Labute approximate surface area is 678 Å². The highest BCUT2D eigenvalue weighted by Crippen LogP contribution is 2.58. The second kappa shape index (κ2) is 26.0. The van der Waals surface area contributed by atoms with E-state index in [1.54, 1.807) is 0 Å². The highest BCUT2D eigenvalue weighted by Gasteiger charge is 2.52. The summed E-state index contributed by atoms with van der Waals surface area (Å²) in [4.78, 5) is 5.40. The average Bonchev–Trinajstić information content (AvgIpc) is 0.909. The van der Waals surface area contributed by atoms with E-state index in [1.807, 2.05) is 0 Å². The van der Waals surface area contributed by atoms with Crippen molar-refractivity contribution in [2.45, 2.75) is 78.6 Å². The summed E-state index contributed by atoms with van der Waals surface area (Å²) < 4.78 is 21.3. The van der Waals surface area contributed by atoms with Crippen LogP contribution >= 0.6 is 0 Å². The standard InChI is InChI=1S/C108H84B2N4O2/c1-106(2,3)73-58-82(68-35-17-11-18-36-68)102(83(59-73)69-37-19-12-20-38-69)113-94-56-51-72(67-33-15-10-16-34-67)57-88(94)110-89-66-99-101-105(104(89)114(96-63-75(108(7,8)9)62-95(113)100(96)110)103-84(70-39-21-13-22-40-70)60-74(107(4,5)6)61-85(103)71-41-23-14-24-42-71)116-98-65-77(112-92-49-31-27-45-80(92)81-46-28-32-50-93(81)112)53-55-87(98)109(101)86-54-52-76(64-97(86)115-99)111-90-47-29-25-43-78(90)79-44-26-30-48-91(79)111/h10-66H,1-9H3. The Morgan fingerprint density at radius 3 is 1.01 bits per heavy atom. The summed E-state index contributed by atoms with van der Waals surface area (Å²) in [5.74, 6) is 3.11. The molecule has 0 spiro atoms. The Bertz CT molecular complexity index is 6850. The van der Waals surface area contributed by atoms with Crippen molar-refractivity contribution in [1.82, 2.24) is 9.13 Å². The van der Waals surface area contributed by atoms with Crippen molar-refractivity contribution in [3.05, 3.63) is 362 Å². The van der Waals surface area contributed by atoms with Gasteiger partial charge in [0.15, 0.2) is 0 Å². The lowest BCUT2D eigenvalue weighted by Crippen LogP contribution is -2.63. The summed E-state index contributed by atoms with van der Waals surface area (Å²) >= 11 is 0. The molecule has 6 heterocycles.